The van der Waals surface area contributed by atoms with Crippen LogP contribution in [0.25, 0.3) is 0 Å². The molecule has 0 bridgehead atoms. The van der Waals surface area contributed by atoms with Crippen LogP contribution in [0.1, 0.15) is 70.0 Å². The quantitative estimate of drug-likeness (QED) is 0.637. The maximum atomic E-state index is 12.4. The zero-order valence-electron chi connectivity index (χ0n) is 15.7. The molecule has 0 atom stereocenters. The van der Waals surface area contributed by atoms with Gasteiger partial charge in [0.05, 0.1) is 6.61 Å². The van der Waals surface area contributed by atoms with Gasteiger partial charge in [0.2, 0.25) is 0 Å². The van der Waals surface area contributed by atoms with Gasteiger partial charge in [-0.25, -0.2) is 4.79 Å². The molecule has 0 radical (unpaired) electrons. The third kappa shape index (κ3) is 4.95. The Morgan fingerprint density at radius 2 is 1.46 bits per heavy atom. The number of rotatable bonds is 5. The molecule has 4 nitrogen and oxygen atoms in total. The fourth-order valence-electron chi connectivity index (χ4n) is 2.43. The highest BCUT2D eigenvalue weighted by molar-refractivity contribution is 6.07. The Labute approximate surface area is 144 Å². The van der Waals surface area contributed by atoms with Crippen molar-refractivity contribution in [3.63, 3.8) is 0 Å². The monoisotopic (exact) mass is 332 g/mol. The molecule has 0 fully saturated rings. The van der Waals surface area contributed by atoms with E-state index in [2.05, 4.69) is 41.5 Å². The summed E-state index contributed by atoms with van der Waals surface area (Å²) in [6.07, 6.45) is 1.96. The Kier molecular flexibility index (Phi) is 5.99. The summed E-state index contributed by atoms with van der Waals surface area (Å²) in [7, 11) is 0. The number of hydrogen-bond acceptors (Lipinski definition) is 3. The normalized spacial score (nSPS) is 12.5. The summed E-state index contributed by atoms with van der Waals surface area (Å²) in [6, 6.07) is 3.63. The number of ketones is 1. The second-order valence-electron chi connectivity index (χ2n) is 7.87. The van der Waals surface area contributed by atoms with E-state index in [1.165, 1.54) is 0 Å². The van der Waals surface area contributed by atoms with Crippen LogP contribution in [0.2, 0.25) is 0 Å². The number of carboxylic acids is 1. The molecule has 0 aliphatic rings. The average molecular weight is 332 g/mol. The van der Waals surface area contributed by atoms with Gasteiger partial charge in [0.1, 0.15) is 5.75 Å². The van der Waals surface area contributed by atoms with E-state index in [9.17, 15) is 9.59 Å². The van der Waals surface area contributed by atoms with E-state index >= 15 is 0 Å². The molecule has 0 unspecified atom stereocenters. The number of benzene rings is 1. The standard InChI is InChI=1S/C20H28O4/c1-8-24-18-14(19(2,3)4)11-13(12-15(18)20(5,6)7)16(21)9-10-17(22)23/h9-12H,8H2,1-7H3,(H,22,23)/b10-9+. The fraction of sp³-hybridized carbons (Fsp3) is 0.500. The predicted octanol–water partition coefficient (Wildman–Crippen LogP) is 4.50. The maximum absolute atomic E-state index is 12.4. The first-order chi connectivity index (χ1) is 10.9. The number of hydrogen-bond donors (Lipinski definition) is 1. The lowest BCUT2D eigenvalue weighted by molar-refractivity contribution is -0.131. The van der Waals surface area contributed by atoms with Crippen molar-refractivity contribution in [1.82, 2.24) is 0 Å². The Morgan fingerprint density at radius 1 is 1.00 bits per heavy atom. The van der Waals surface area contributed by atoms with Gasteiger partial charge >= 0.3 is 5.97 Å². The number of aliphatic carboxylic acids is 1. The molecule has 132 valence electrons. The highest BCUT2D eigenvalue weighted by Gasteiger charge is 2.28. The lowest BCUT2D eigenvalue weighted by Crippen LogP contribution is -2.21. The zero-order chi connectivity index (χ0) is 18.7. The van der Waals surface area contributed by atoms with Crippen LogP contribution in [0.5, 0.6) is 5.75 Å². The van der Waals surface area contributed by atoms with E-state index in [1.807, 2.05) is 19.1 Å². The number of carbonyl (C=O) groups excluding carboxylic acids is 1. The van der Waals surface area contributed by atoms with Gasteiger partial charge in [-0.3, -0.25) is 4.79 Å². The van der Waals surface area contributed by atoms with Crippen LogP contribution in [-0.2, 0) is 15.6 Å². The molecule has 0 saturated carbocycles. The molecule has 1 N–H and O–H groups in total. The summed E-state index contributed by atoms with van der Waals surface area (Å²) in [4.78, 5) is 23.1. The van der Waals surface area contributed by atoms with Crippen molar-refractivity contribution < 1.29 is 19.4 Å². The van der Waals surface area contributed by atoms with Gasteiger partial charge in [0, 0.05) is 22.8 Å². The van der Waals surface area contributed by atoms with Crippen molar-refractivity contribution in [3.8, 4) is 5.75 Å². The fourth-order valence-corrected chi connectivity index (χ4v) is 2.43. The molecule has 0 heterocycles. The molecule has 0 aliphatic carbocycles. The molecule has 0 amide bonds. The van der Waals surface area contributed by atoms with Crippen LogP contribution in [0.3, 0.4) is 0 Å². The van der Waals surface area contributed by atoms with Crippen LogP contribution in [0.4, 0.5) is 0 Å². The van der Waals surface area contributed by atoms with Gasteiger partial charge in [-0.15, -0.1) is 0 Å². The van der Waals surface area contributed by atoms with E-state index < -0.39 is 5.97 Å². The minimum Gasteiger partial charge on any atom is -0.493 e. The van der Waals surface area contributed by atoms with E-state index in [0.717, 1.165) is 29.0 Å². The Hall–Kier alpha value is -2.10. The Bertz CT molecular complexity index is 620. The molecule has 0 aliphatic heterocycles. The molecule has 0 saturated heterocycles. The van der Waals surface area contributed by atoms with Gasteiger partial charge in [-0.1, -0.05) is 41.5 Å². The molecule has 1 aromatic rings. The molecule has 0 aromatic heterocycles. The number of carboxylic acid groups (broad SMARTS) is 1. The van der Waals surface area contributed by atoms with Crippen LogP contribution in [-0.4, -0.2) is 23.5 Å². The number of ether oxygens (including phenoxy) is 1. The lowest BCUT2D eigenvalue weighted by Gasteiger charge is -2.30. The molecule has 4 heteroatoms. The van der Waals surface area contributed by atoms with Crippen molar-refractivity contribution in [1.29, 1.82) is 0 Å². The second-order valence-corrected chi connectivity index (χ2v) is 7.87. The summed E-state index contributed by atoms with van der Waals surface area (Å²) in [5.41, 5.74) is 1.95. The van der Waals surface area contributed by atoms with Crippen LogP contribution in [0, 0.1) is 0 Å². The smallest absolute Gasteiger partial charge is 0.328 e. The summed E-state index contributed by atoms with van der Waals surface area (Å²) < 4.78 is 5.93. The lowest BCUT2D eigenvalue weighted by atomic mass is 9.78. The largest absolute Gasteiger partial charge is 0.493 e. The maximum Gasteiger partial charge on any atom is 0.328 e. The highest BCUT2D eigenvalue weighted by Crippen LogP contribution is 2.40. The first-order valence-corrected chi connectivity index (χ1v) is 8.15. The van der Waals surface area contributed by atoms with Crippen LogP contribution < -0.4 is 4.74 Å². The van der Waals surface area contributed by atoms with Crippen LogP contribution >= 0.6 is 0 Å². The van der Waals surface area contributed by atoms with Crippen molar-refractivity contribution in [2.24, 2.45) is 0 Å². The first kappa shape index (κ1) is 19.9. The molecule has 1 rings (SSSR count). The first-order valence-electron chi connectivity index (χ1n) is 8.15. The molecule has 0 spiro atoms. The summed E-state index contributed by atoms with van der Waals surface area (Å²) in [5, 5.41) is 8.73. The third-order valence-electron chi connectivity index (χ3n) is 3.66. The van der Waals surface area contributed by atoms with Gasteiger partial charge in [0.25, 0.3) is 0 Å². The SMILES string of the molecule is CCOc1c(C(C)(C)C)cc(C(=O)/C=C/C(=O)O)cc1C(C)(C)C. The summed E-state index contributed by atoms with van der Waals surface area (Å²) in [6.45, 7) is 14.9. The predicted molar refractivity (Wildman–Crippen MR) is 96.1 cm³/mol. The second kappa shape index (κ2) is 7.20. The summed E-state index contributed by atoms with van der Waals surface area (Å²) >= 11 is 0. The van der Waals surface area contributed by atoms with Gasteiger partial charge in [-0.05, 0) is 36.0 Å². The Morgan fingerprint density at radius 3 is 1.79 bits per heavy atom. The van der Waals surface area contributed by atoms with Crippen molar-refractivity contribution in [2.75, 3.05) is 6.61 Å². The van der Waals surface area contributed by atoms with Crippen molar-refractivity contribution >= 4 is 11.8 Å². The zero-order valence-corrected chi connectivity index (χ0v) is 15.7. The van der Waals surface area contributed by atoms with E-state index in [-0.39, 0.29) is 16.6 Å². The number of allylic oxidation sites excluding steroid dienone is 1. The van der Waals surface area contributed by atoms with Gasteiger partial charge < -0.3 is 9.84 Å². The van der Waals surface area contributed by atoms with Crippen molar-refractivity contribution in [3.05, 3.63) is 41.0 Å². The Balaban J connectivity index is 3.65. The van der Waals surface area contributed by atoms with Gasteiger partial charge in [-0.2, -0.15) is 0 Å². The minimum absolute atomic E-state index is 0.211. The topological polar surface area (TPSA) is 63.6 Å². The van der Waals surface area contributed by atoms with E-state index in [1.54, 1.807) is 0 Å². The average Bonchev–Trinajstić information content (AvgIpc) is 2.42. The van der Waals surface area contributed by atoms with E-state index in [4.69, 9.17) is 9.84 Å². The van der Waals surface area contributed by atoms with Crippen molar-refractivity contribution in [2.45, 2.75) is 59.3 Å². The number of carbonyl (C=O) groups is 2. The minimum atomic E-state index is -1.14. The summed E-state index contributed by atoms with van der Waals surface area (Å²) in [5.74, 6) is -0.644. The highest BCUT2D eigenvalue weighted by atomic mass is 16.5. The molecule has 1 aromatic carbocycles. The molecular weight excluding hydrogens is 304 g/mol. The third-order valence-corrected chi connectivity index (χ3v) is 3.66. The molecular formula is C20H28O4. The molecule has 24 heavy (non-hydrogen) atoms. The van der Waals surface area contributed by atoms with Crippen LogP contribution in [0.15, 0.2) is 24.3 Å². The van der Waals surface area contributed by atoms with Gasteiger partial charge in [0.15, 0.2) is 5.78 Å². The van der Waals surface area contributed by atoms with E-state index in [0.29, 0.717) is 12.2 Å².